The highest BCUT2D eigenvalue weighted by atomic mass is 35.5. The first-order chi connectivity index (χ1) is 14.8. The maximum atomic E-state index is 12.2. The summed E-state index contributed by atoms with van der Waals surface area (Å²) in [4.78, 5) is 24.1. The molecule has 1 N–H and O–H groups in total. The number of nitrogens with one attached hydrogen (secondary N) is 1. The lowest BCUT2D eigenvalue weighted by molar-refractivity contribution is -0.124. The largest absolute Gasteiger partial charge is 0.489 e. The summed E-state index contributed by atoms with van der Waals surface area (Å²) in [6.45, 7) is 3.76. The molecule has 2 aromatic carbocycles. The average Bonchev–Trinajstić information content (AvgIpc) is 3.07. The fraction of sp³-hybridized carbons (Fsp3) is 0.227. The molecular formula is C22H20Cl2N2O5. The van der Waals surface area contributed by atoms with Gasteiger partial charge in [0.05, 0.1) is 16.8 Å². The smallest absolute Gasteiger partial charge is 0.338 e. The summed E-state index contributed by atoms with van der Waals surface area (Å²) in [6, 6.07) is 11.4. The molecule has 9 heteroatoms. The van der Waals surface area contributed by atoms with Gasteiger partial charge in [0.15, 0.2) is 6.61 Å². The van der Waals surface area contributed by atoms with Crippen molar-refractivity contribution < 1.29 is 23.6 Å². The normalized spacial score (nSPS) is 10.6. The van der Waals surface area contributed by atoms with Gasteiger partial charge in [-0.05, 0) is 55.8 Å². The molecule has 0 saturated heterocycles. The minimum absolute atomic E-state index is 0.198. The number of rotatable bonds is 8. The number of halogens is 2. The number of hydrogen-bond donors (Lipinski definition) is 1. The third-order valence-electron chi connectivity index (χ3n) is 4.48. The number of carbonyl (C=O) groups is 2. The van der Waals surface area contributed by atoms with Crippen molar-refractivity contribution in [1.82, 2.24) is 10.5 Å². The fourth-order valence-corrected chi connectivity index (χ4v) is 3.15. The molecule has 31 heavy (non-hydrogen) atoms. The molecule has 0 atom stereocenters. The molecule has 0 aliphatic carbocycles. The van der Waals surface area contributed by atoms with Crippen LogP contribution in [0.3, 0.4) is 0 Å². The molecule has 0 fully saturated rings. The molecule has 0 bridgehead atoms. The number of aromatic nitrogens is 1. The number of aryl methyl sites for hydroxylation is 2. The minimum atomic E-state index is -0.614. The molecule has 7 nitrogen and oxygen atoms in total. The number of esters is 1. The Morgan fingerprint density at radius 1 is 1.10 bits per heavy atom. The van der Waals surface area contributed by atoms with Gasteiger partial charge >= 0.3 is 5.97 Å². The summed E-state index contributed by atoms with van der Waals surface area (Å²) in [7, 11) is 0. The van der Waals surface area contributed by atoms with Gasteiger partial charge in [0.1, 0.15) is 18.1 Å². The Hall–Kier alpha value is -3.03. The summed E-state index contributed by atoms with van der Waals surface area (Å²) < 4.78 is 15.8. The molecule has 1 aromatic heterocycles. The van der Waals surface area contributed by atoms with E-state index in [4.69, 9.17) is 37.2 Å². The van der Waals surface area contributed by atoms with Crippen molar-refractivity contribution in [2.75, 3.05) is 6.61 Å². The van der Waals surface area contributed by atoms with Crippen LogP contribution in [-0.4, -0.2) is 23.6 Å². The van der Waals surface area contributed by atoms with Gasteiger partial charge in [-0.2, -0.15) is 0 Å². The Kier molecular flexibility index (Phi) is 7.55. The molecule has 0 unspecified atom stereocenters. The zero-order valence-corrected chi connectivity index (χ0v) is 18.4. The summed E-state index contributed by atoms with van der Waals surface area (Å²) in [5, 5.41) is 7.47. The maximum absolute atomic E-state index is 12.2. The number of hydrogen-bond acceptors (Lipinski definition) is 6. The van der Waals surface area contributed by atoms with Crippen LogP contribution in [-0.2, 0) is 22.7 Å². The number of carbonyl (C=O) groups excluding carboxylic acids is 2. The summed E-state index contributed by atoms with van der Waals surface area (Å²) in [6.07, 6.45) is 0. The first kappa shape index (κ1) is 22.7. The zero-order chi connectivity index (χ0) is 22.4. The predicted molar refractivity (Wildman–Crippen MR) is 115 cm³/mol. The van der Waals surface area contributed by atoms with Gasteiger partial charge in [0.2, 0.25) is 0 Å². The third kappa shape index (κ3) is 6.23. The van der Waals surface area contributed by atoms with E-state index in [1.54, 1.807) is 42.5 Å². The van der Waals surface area contributed by atoms with Crippen LogP contribution >= 0.6 is 23.2 Å². The van der Waals surface area contributed by atoms with Crippen LogP contribution in [0.1, 0.15) is 32.9 Å². The molecule has 0 aliphatic heterocycles. The number of nitrogens with zero attached hydrogens (tertiary/aromatic N) is 1. The molecule has 3 aromatic rings. The highest BCUT2D eigenvalue weighted by Gasteiger charge is 2.12. The summed E-state index contributed by atoms with van der Waals surface area (Å²) >= 11 is 11.9. The van der Waals surface area contributed by atoms with E-state index in [-0.39, 0.29) is 6.54 Å². The van der Waals surface area contributed by atoms with Gasteiger partial charge in [-0.15, -0.1) is 0 Å². The zero-order valence-electron chi connectivity index (χ0n) is 16.9. The number of benzene rings is 2. The Morgan fingerprint density at radius 3 is 2.48 bits per heavy atom. The molecule has 0 radical (unpaired) electrons. The van der Waals surface area contributed by atoms with E-state index in [0.29, 0.717) is 39.3 Å². The molecular weight excluding hydrogens is 443 g/mol. The number of ether oxygens (including phenoxy) is 2. The van der Waals surface area contributed by atoms with Crippen molar-refractivity contribution in [3.63, 3.8) is 0 Å². The third-order valence-corrected chi connectivity index (χ3v) is 5.07. The average molecular weight is 463 g/mol. The standard InChI is InChI=1S/C22H20Cl2N2O5/c1-13-19(14(2)31-26-13)11-29-18-7-4-15(5-8-18)22(28)30-12-21(27)25-10-16-3-6-17(23)9-20(16)24/h3-9H,10-12H2,1-2H3,(H,25,27). The summed E-state index contributed by atoms with van der Waals surface area (Å²) in [5.41, 5.74) is 2.67. The highest BCUT2D eigenvalue weighted by molar-refractivity contribution is 6.35. The van der Waals surface area contributed by atoms with Gasteiger partial charge in [-0.1, -0.05) is 34.4 Å². The van der Waals surface area contributed by atoms with Crippen LogP contribution in [0.5, 0.6) is 5.75 Å². The second-order valence-electron chi connectivity index (χ2n) is 6.70. The molecule has 0 saturated carbocycles. The van der Waals surface area contributed by atoms with E-state index in [1.807, 2.05) is 13.8 Å². The van der Waals surface area contributed by atoms with Crippen LogP contribution in [0.15, 0.2) is 47.0 Å². The summed E-state index contributed by atoms with van der Waals surface area (Å²) in [5.74, 6) is 0.221. The van der Waals surface area contributed by atoms with Gasteiger partial charge in [0, 0.05) is 16.6 Å². The van der Waals surface area contributed by atoms with Gasteiger partial charge < -0.3 is 19.3 Å². The molecule has 3 rings (SSSR count). The second-order valence-corrected chi connectivity index (χ2v) is 7.55. The van der Waals surface area contributed by atoms with Crippen LogP contribution in [0.2, 0.25) is 10.0 Å². The van der Waals surface area contributed by atoms with Gasteiger partial charge in [-0.25, -0.2) is 4.79 Å². The first-order valence-corrected chi connectivity index (χ1v) is 10.1. The van der Waals surface area contributed by atoms with E-state index >= 15 is 0 Å². The van der Waals surface area contributed by atoms with Gasteiger partial charge in [0.25, 0.3) is 5.91 Å². The topological polar surface area (TPSA) is 90.7 Å². The van der Waals surface area contributed by atoms with Crippen molar-refractivity contribution in [2.45, 2.75) is 27.0 Å². The van der Waals surface area contributed by atoms with Crippen LogP contribution < -0.4 is 10.1 Å². The van der Waals surface area contributed by atoms with E-state index in [9.17, 15) is 9.59 Å². The maximum Gasteiger partial charge on any atom is 0.338 e. The van der Waals surface area contributed by atoms with Crippen LogP contribution in [0.25, 0.3) is 0 Å². The first-order valence-electron chi connectivity index (χ1n) is 9.36. The predicted octanol–water partition coefficient (Wildman–Crippen LogP) is 4.65. The Balaban J connectivity index is 1.45. The van der Waals surface area contributed by atoms with Crippen molar-refractivity contribution in [2.24, 2.45) is 0 Å². The SMILES string of the molecule is Cc1noc(C)c1COc1ccc(C(=O)OCC(=O)NCc2ccc(Cl)cc2Cl)cc1. The fourth-order valence-electron chi connectivity index (χ4n) is 2.68. The molecule has 0 aliphatic rings. The lowest BCUT2D eigenvalue weighted by atomic mass is 10.2. The Labute approximate surface area is 189 Å². The van der Waals surface area contributed by atoms with E-state index < -0.39 is 18.5 Å². The van der Waals surface area contributed by atoms with Crippen molar-refractivity contribution in [3.8, 4) is 5.75 Å². The van der Waals surface area contributed by atoms with Crippen LogP contribution in [0, 0.1) is 13.8 Å². The monoisotopic (exact) mass is 462 g/mol. The molecule has 0 spiro atoms. The van der Waals surface area contributed by atoms with E-state index in [0.717, 1.165) is 11.3 Å². The van der Waals surface area contributed by atoms with Crippen molar-refractivity contribution in [3.05, 3.63) is 80.7 Å². The molecule has 162 valence electrons. The van der Waals surface area contributed by atoms with E-state index in [1.165, 1.54) is 0 Å². The lowest BCUT2D eigenvalue weighted by Gasteiger charge is -2.09. The highest BCUT2D eigenvalue weighted by Crippen LogP contribution is 2.21. The minimum Gasteiger partial charge on any atom is -0.489 e. The molecule has 1 heterocycles. The Bertz CT molecular complexity index is 1060. The quantitative estimate of drug-likeness (QED) is 0.489. The van der Waals surface area contributed by atoms with Crippen molar-refractivity contribution in [1.29, 1.82) is 0 Å². The lowest BCUT2D eigenvalue weighted by Crippen LogP contribution is -2.28. The second kappa shape index (κ2) is 10.3. The van der Waals surface area contributed by atoms with E-state index in [2.05, 4.69) is 10.5 Å². The molecule has 1 amide bonds. The number of amides is 1. The van der Waals surface area contributed by atoms with Crippen LogP contribution in [0.4, 0.5) is 0 Å². The van der Waals surface area contributed by atoms with Crippen molar-refractivity contribution >= 4 is 35.1 Å². The van der Waals surface area contributed by atoms with Gasteiger partial charge in [-0.3, -0.25) is 4.79 Å². The Morgan fingerprint density at radius 2 is 1.84 bits per heavy atom.